The van der Waals surface area contributed by atoms with E-state index in [1.807, 2.05) is 6.07 Å². The average molecular weight is 478 g/mol. The molecule has 4 nitrogen and oxygen atoms in total. The number of halogens is 2. The van der Waals surface area contributed by atoms with Crippen molar-refractivity contribution in [2.75, 3.05) is 13.1 Å². The van der Waals surface area contributed by atoms with Crippen molar-refractivity contribution in [2.45, 2.75) is 69.2 Å². The van der Waals surface area contributed by atoms with Crippen LogP contribution in [0.25, 0.3) is 0 Å². The number of aryl methyl sites for hydroxylation is 2. The molecular formula is C29H33F2N3O. The van der Waals surface area contributed by atoms with E-state index in [1.165, 1.54) is 37.3 Å². The Morgan fingerprint density at radius 1 is 0.914 bits per heavy atom. The van der Waals surface area contributed by atoms with Crippen molar-refractivity contribution < 1.29 is 13.2 Å². The molecule has 1 aliphatic heterocycles. The first-order valence-electron chi connectivity index (χ1n) is 13.0. The molecule has 6 rings (SSSR count). The van der Waals surface area contributed by atoms with E-state index in [-0.39, 0.29) is 5.56 Å². The van der Waals surface area contributed by atoms with Gasteiger partial charge in [-0.05, 0) is 67.1 Å². The number of piperidine rings is 1. The zero-order valence-electron chi connectivity index (χ0n) is 20.2. The highest BCUT2D eigenvalue weighted by Gasteiger charge is 2.59. The van der Waals surface area contributed by atoms with Gasteiger partial charge < -0.3 is 4.42 Å². The first-order valence-corrected chi connectivity index (χ1v) is 13.0. The van der Waals surface area contributed by atoms with Gasteiger partial charge in [0.2, 0.25) is 11.8 Å². The number of hydrogen-bond acceptors (Lipinski definition) is 4. The molecule has 2 aromatic carbocycles. The molecule has 2 heterocycles. The number of alkyl halides is 2. The second-order valence-electron chi connectivity index (χ2n) is 10.8. The summed E-state index contributed by atoms with van der Waals surface area (Å²) >= 11 is 0. The van der Waals surface area contributed by atoms with Crippen LogP contribution >= 0.6 is 0 Å². The number of fused-ring (bicyclic) bond motifs is 1. The molecule has 6 heteroatoms. The molecule has 3 fully saturated rings. The van der Waals surface area contributed by atoms with Crippen LogP contribution in [-0.4, -0.2) is 34.2 Å². The lowest BCUT2D eigenvalue weighted by atomic mass is 9.81. The fraction of sp³-hybridized carbons (Fsp3) is 0.517. The van der Waals surface area contributed by atoms with E-state index in [9.17, 15) is 8.78 Å². The molecule has 1 aromatic heterocycles. The van der Waals surface area contributed by atoms with Gasteiger partial charge >= 0.3 is 0 Å². The molecule has 184 valence electrons. The summed E-state index contributed by atoms with van der Waals surface area (Å²) in [5.41, 5.74) is 2.41. The van der Waals surface area contributed by atoms with Crippen LogP contribution in [0.2, 0.25) is 0 Å². The largest absolute Gasteiger partial charge is 0.425 e. The molecule has 0 spiro atoms. The first kappa shape index (κ1) is 22.8. The molecule has 35 heavy (non-hydrogen) atoms. The van der Waals surface area contributed by atoms with Crippen LogP contribution in [0.5, 0.6) is 0 Å². The van der Waals surface area contributed by atoms with Gasteiger partial charge in [-0.1, -0.05) is 48.5 Å². The summed E-state index contributed by atoms with van der Waals surface area (Å²) in [5, 5.41) is 8.61. The quantitative estimate of drug-likeness (QED) is 0.398. The summed E-state index contributed by atoms with van der Waals surface area (Å²) in [6.07, 6.45) is 6.34. The van der Waals surface area contributed by atoms with Gasteiger partial charge in [-0.25, -0.2) is 8.78 Å². The Kier molecular flexibility index (Phi) is 5.95. The van der Waals surface area contributed by atoms with Gasteiger partial charge in [0.05, 0.1) is 0 Å². The maximum absolute atomic E-state index is 13.6. The monoisotopic (exact) mass is 477 g/mol. The van der Waals surface area contributed by atoms with Gasteiger partial charge in [0, 0.05) is 44.0 Å². The molecule has 2 aliphatic carbocycles. The highest BCUT2D eigenvalue weighted by molar-refractivity contribution is 5.27. The van der Waals surface area contributed by atoms with Gasteiger partial charge in [0.15, 0.2) is 0 Å². The van der Waals surface area contributed by atoms with Gasteiger partial charge in [0.1, 0.15) is 0 Å². The Morgan fingerprint density at radius 2 is 1.66 bits per heavy atom. The van der Waals surface area contributed by atoms with Gasteiger partial charge in [0.25, 0.3) is 5.92 Å². The molecule has 1 saturated heterocycles. The summed E-state index contributed by atoms with van der Waals surface area (Å²) in [4.78, 5) is 2.71. The van der Waals surface area contributed by atoms with E-state index in [0.717, 1.165) is 37.4 Å². The predicted molar refractivity (Wildman–Crippen MR) is 130 cm³/mol. The van der Waals surface area contributed by atoms with E-state index in [0.29, 0.717) is 42.5 Å². The number of aromatic nitrogens is 2. The van der Waals surface area contributed by atoms with Crippen molar-refractivity contribution in [3.8, 4) is 0 Å². The number of nitrogens with zero attached hydrogens (tertiary/aromatic N) is 3. The SMILES string of the molecule is CC(F)(F)c1cccc(CCc2nnc(C3[C@H]4CN(C5CCC(c6ccccc6)CC5)C[C@@H]34)o2)c1. The summed E-state index contributed by atoms with van der Waals surface area (Å²) in [6, 6.07) is 18.3. The number of hydrogen-bond donors (Lipinski definition) is 0. The minimum atomic E-state index is -2.83. The number of rotatable bonds is 7. The van der Waals surface area contributed by atoms with Crippen LogP contribution in [0.4, 0.5) is 8.78 Å². The second-order valence-corrected chi connectivity index (χ2v) is 10.8. The first-order chi connectivity index (χ1) is 17.0. The standard InChI is InChI=1S/C29H33F2N3O/c1-29(30,31)22-9-5-6-19(16-22)10-15-26-32-33-28(35-26)27-24-17-34(18-25(24)27)23-13-11-21(12-14-23)20-7-3-2-4-8-20/h2-9,16,21,23-25,27H,10-15,17-18H2,1H3/t21?,23?,24-,25+,27?. The maximum atomic E-state index is 13.6. The number of likely N-dealkylation sites (tertiary alicyclic amines) is 1. The zero-order valence-corrected chi connectivity index (χ0v) is 20.2. The Hall–Kier alpha value is -2.60. The molecule has 0 amide bonds. The molecule has 0 N–H and O–H groups in total. The Morgan fingerprint density at radius 3 is 2.37 bits per heavy atom. The molecule has 3 aliphatic rings. The second kappa shape index (κ2) is 9.12. The summed E-state index contributed by atoms with van der Waals surface area (Å²) < 4.78 is 33.2. The molecule has 0 radical (unpaired) electrons. The minimum absolute atomic E-state index is 0.0464. The molecular weight excluding hydrogens is 444 g/mol. The van der Waals surface area contributed by atoms with Crippen LogP contribution in [0.3, 0.4) is 0 Å². The summed E-state index contributed by atoms with van der Waals surface area (Å²) in [5.74, 6) is 0.945. The lowest BCUT2D eigenvalue weighted by molar-refractivity contribution is 0.0174. The molecule has 3 aromatic rings. The fourth-order valence-electron chi connectivity index (χ4n) is 6.48. The maximum Gasteiger partial charge on any atom is 0.270 e. The summed E-state index contributed by atoms with van der Waals surface area (Å²) in [7, 11) is 0. The van der Waals surface area contributed by atoms with Crippen LogP contribution in [-0.2, 0) is 18.8 Å². The van der Waals surface area contributed by atoms with Crippen LogP contribution < -0.4 is 0 Å². The molecule has 2 saturated carbocycles. The smallest absolute Gasteiger partial charge is 0.270 e. The van der Waals surface area contributed by atoms with Crippen molar-refractivity contribution in [3.05, 3.63) is 83.1 Å². The van der Waals surface area contributed by atoms with Gasteiger partial charge in [-0.3, -0.25) is 4.90 Å². The van der Waals surface area contributed by atoms with Gasteiger partial charge in [-0.2, -0.15) is 0 Å². The average Bonchev–Trinajstić information content (AvgIpc) is 3.20. The van der Waals surface area contributed by atoms with Crippen molar-refractivity contribution in [1.29, 1.82) is 0 Å². The molecule has 3 atom stereocenters. The lowest BCUT2D eigenvalue weighted by Crippen LogP contribution is -2.38. The Labute approximate surface area is 205 Å². The highest BCUT2D eigenvalue weighted by Crippen LogP contribution is 2.58. The van der Waals surface area contributed by atoms with Crippen LogP contribution in [0, 0.1) is 11.8 Å². The molecule has 1 unspecified atom stereocenters. The van der Waals surface area contributed by atoms with Gasteiger partial charge in [-0.15, -0.1) is 10.2 Å². The van der Waals surface area contributed by atoms with Crippen LogP contribution in [0.15, 0.2) is 59.0 Å². The molecule has 0 bridgehead atoms. The third-order valence-corrected chi connectivity index (χ3v) is 8.54. The Balaban J connectivity index is 0.987. The van der Waals surface area contributed by atoms with E-state index in [4.69, 9.17) is 4.42 Å². The van der Waals surface area contributed by atoms with E-state index in [1.54, 1.807) is 12.1 Å². The fourth-order valence-corrected chi connectivity index (χ4v) is 6.48. The third-order valence-electron chi connectivity index (χ3n) is 8.54. The zero-order chi connectivity index (χ0) is 24.0. The third kappa shape index (κ3) is 4.77. The van der Waals surface area contributed by atoms with Crippen molar-refractivity contribution in [3.63, 3.8) is 0 Å². The van der Waals surface area contributed by atoms with Crippen LogP contribution in [0.1, 0.15) is 72.9 Å². The summed E-state index contributed by atoms with van der Waals surface area (Å²) in [6.45, 7) is 3.22. The number of benzene rings is 2. The predicted octanol–water partition coefficient (Wildman–Crippen LogP) is 6.34. The lowest BCUT2D eigenvalue weighted by Gasteiger charge is -2.36. The van der Waals surface area contributed by atoms with Crippen molar-refractivity contribution in [2.24, 2.45) is 11.8 Å². The van der Waals surface area contributed by atoms with E-state index < -0.39 is 5.92 Å². The normalized spacial score (nSPS) is 28.7. The minimum Gasteiger partial charge on any atom is -0.425 e. The van der Waals surface area contributed by atoms with E-state index in [2.05, 4.69) is 45.4 Å². The van der Waals surface area contributed by atoms with Crippen molar-refractivity contribution in [1.82, 2.24) is 15.1 Å². The topological polar surface area (TPSA) is 42.2 Å². The Bertz CT molecular complexity index is 1140. The highest BCUT2D eigenvalue weighted by atomic mass is 19.3. The van der Waals surface area contributed by atoms with Crippen molar-refractivity contribution >= 4 is 0 Å². The van der Waals surface area contributed by atoms with E-state index >= 15 is 0 Å².